The van der Waals surface area contributed by atoms with Gasteiger partial charge in [-0.3, -0.25) is 0 Å². The van der Waals surface area contributed by atoms with Crippen LogP contribution in [0.15, 0.2) is 36.0 Å². The zero-order chi connectivity index (χ0) is 8.53. The van der Waals surface area contributed by atoms with Crippen LogP contribution in [0.1, 0.15) is 20.3 Å². The van der Waals surface area contributed by atoms with Gasteiger partial charge in [0, 0.05) is 6.54 Å². The van der Waals surface area contributed by atoms with Crippen LogP contribution in [0.2, 0.25) is 0 Å². The highest BCUT2D eigenvalue weighted by Gasteiger charge is 1.86. The van der Waals surface area contributed by atoms with Crippen LogP contribution in [-0.4, -0.2) is 6.54 Å². The van der Waals surface area contributed by atoms with Crippen molar-refractivity contribution >= 4 is 0 Å². The minimum Gasteiger partial charge on any atom is -0.326 e. The van der Waals surface area contributed by atoms with Gasteiger partial charge < -0.3 is 5.73 Å². The van der Waals surface area contributed by atoms with E-state index < -0.39 is 0 Å². The molecule has 1 aliphatic rings. The fourth-order valence-corrected chi connectivity index (χ4v) is 0.760. The summed E-state index contributed by atoms with van der Waals surface area (Å²) in [6.45, 7) is 4.64. The van der Waals surface area contributed by atoms with Gasteiger partial charge in [-0.25, -0.2) is 0 Å². The van der Waals surface area contributed by atoms with Crippen LogP contribution in [0.25, 0.3) is 0 Å². The molecule has 0 radical (unpaired) electrons. The third-order valence-corrected chi connectivity index (χ3v) is 1.29. The Balaban J connectivity index is 0.000000461. The summed E-state index contributed by atoms with van der Waals surface area (Å²) in [4.78, 5) is 0. The van der Waals surface area contributed by atoms with Gasteiger partial charge in [0.05, 0.1) is 0 Å². The molecule has 0 aliphatic heterocycles. The fraction of sp³-hybridized carbons (Fsp3) is 0.400. The zero-order valence-corrected chi connectivity index (χ0v) is 7.38. The van der Waals surface area contributed by atoms with Crippen LogP contribution < -0.4 is 5.73 Å². The number of allylic oxidation sites excluding steroid dienone is 4. The van der Waals surface area contributed by atoms with E-state index in [9.17, 15) is 0 Å². The van der Waals surface area contributed by atoms with Crippen molar-refractivity contribution in [2.75, 3.05) is 6.54 Å². The lowest BCUT2D eigenvalue weighted by Gasteiger charge is -1.90. The van der Waals surface area contributed by atoms with Crippen molar-refractivity contribution in [2.24, 2.45) is 5.73 Å². The molecule has 0 saturated heterocycles. The Kier molecular flexibility index (Phi) is 6.75. The Morgan fingerprint density at radius 2 is 2.09 bits per heavy atom. The van der Waals surface area contributed by atoms with Gasteiger partial charge in [0.2, 0.25) is 0 Å². The topological polar surface area (TPSA) is 26.0 Å². The van der Waals surface area contributed by atoms with Crippen molar-refractivity contribution < 1.29 is 0 Å². The Bertz CT molecular complexity index is 164. The second kappa shape index (κ2) is 7.29. The predicted octanol–water partition coefficient (Wildman–Crippen LogP) is 2.41. The van der Waals surface area contributed by atoms with Gasteiger partial charge in [0.1, 0.15) is 0 Å². The summed E-state index contributed by atoms with van der Waals surface area (Å²) in [5, 5.41) is 0. The minimum absolute atomic E-state index is 0.640. The first kappa shape index (κ1) is 10.2. The third kappa shape index (κ3) is 4.57. The number of rotatable bonds is 1. The zero-order valence-electron chi connectivity index (χ0n) is 7.38. The molecule has 0 unspecified atom stereocenters. The van der Waals surface area contributed by atoms with E-state index in [1.165, 1.54) is 5.57 Å². The summed E-state index contributed by atoms with van der Waals surface area (Å²) >= 11 is 0. The van der Waals surface area contributed by atoms with E-state index in [1.807, 2.05) is 26.0 Å². The molecule has 1 rings (SSSR count). The van der Waals surface area contributed by atoms with E-state index in [0.29, 0.717) is 6.54 Å². The van der Waals surface area contributed by atoms with Crippen molar-refractivity contribution in [1.82, 2.24) is 0 Å². The van der Waals surface area contributed by atoms with Gasteiger partial charge >= 0.3 is 0 Å². The van der Waals surface area contributed by atoms with E-state index in [0.717, 1.165) is 6.42 Å². The smallest absolute Gasteiger partial charge is 0.0177 e. The molecule has 1 nitrogen and oxygen atoms in total. The first-order valence-electron chi connectivity index (χ1n) is 4.16. The molecule has 62 valence electrons. The summed E-state index contributed by atoms with van der Waals surface area (Å²) in [5.74, 6) is 0. The lowest BCUT2D eigenvalue weighted by Crippen LogP contribution is -1.99. The molecule has 1 aliphatic carbocycles. The van der Waals surface area contributed by atoms with Crippen LogP contribution in [-0.2, 0) is 0 Å². The van der Waals surface area contributed by atoms with Crippen molar-refractivity contribution in [3.8, 4) is 0 Å². The van der Waals surface area contributed by atoms with Gasteiger partial charge in [-0.2, -0.15) is 0 Å². The average molecular weight is 151 g/mol. The predicted molar refractivity (Wildman–Crippen MR) is 51.4 cm³/mol. The molecule has 0 amide bonds. The van der Waals surface area contributed by atoms with Crippen LogP contribution in [0.5, 0.6) is 0 Å². The average Bonchev–Trinajstić information content (AvgIpc) is 2.35. The molecule has 0 fully saturated rings. The standard InChI is InChI=1S/C8H11N.C2H6/c9-7-8-5-3-1-2-4-6-8;1-2/h1,3-6H,2,7,9H2;1-2H3. The van der Waals surface area contributed by atoms with Gasteiger partial charge in [0.15, 0.2) is 0 Å². The second-order valence-electron chi connectivity index (χ2n) is 2.01. The van der Waals surface area contributed by atoms with Crippen LogP contribution in [0.4, 0.5) is 0 Å². The Hall–Kier alpha value is -0.820. The first-order valence-corrected chi connectivity index (χ1v) is 4.16. The lowest BCUT2D eigenvalue weighted by atomic mass is 10.2. The number of hydrogen-bond donors (Lipinski definition) is 1. The summed E-state index contributed by atoms with van der Waals surface area (Å²) < 4.78 is 0. The van der Waals surface area contributed by atoms with E-state index in [4.69, 9.17) is 5.73 Å². The monoisotopic (exact) mass is 151 g/mol. The van der Waals surface area contributed by atoms with E-state index in [2.05, 4.69) is 18.2 Å². The Labute approximate surface area is 69.3 Å². The van der Waals surface area contributed by atoms with Crippen molar-refractivity contribution in [1.29, 1.82) is 0 Å². The molecule has 0 aromatic rings. The number of hydrogen-bond acceptors (Lipinski definition) is 1. The normalized spacial score (nSPS) is 14.6. The van der Waals surface area contributed by atoms with Gasteiger partial charge in [-0.15, -0.1) is 0 Å². The van der Waals surface area contributed by atoms with Crippen molar-refractivity contribution in [3.63, 3.8) is 0 Å². The van der Waals surface area contributed by atoms with Gasteiger partial charge in [0.25, 0.3) is 0 Å². The van der Waals surface area contributed by atoms with Crippen molar-refractivity contribution in [3.05, 3.63) is 36.0 Å². The van der Waals surface area contributed by atoms with E-state index in [1.54, 1.807) is 0 Å². The highest BCUT2D eigenvalue weighted by molar-refractivity contribution is 5.27. The highest BCUT2D eigenvalue weighted by Crippen LogP contribution is 2.01. The number of nitrogens with two attached hydrogens (primary N) is 1. The largest absolute Gasteiger partial charge is 0.326 e. The lowest BCUT2D eigenvalue weighted by molar-refractivity contribution is 1.19. The molecule has 0 bridgehead atoms. The first-order chi connectivity index (χ1) is 5.43. The summed E-state index contributed by atoms with van der Waals surface area (Å²) in [6, 6.07) is 0. The van der Waals surface area contributed by atoms with Crippen LogP contribution >= 0.6 is 0 Å². The molecule has 0 spiro atoms. The van der Waals surface area contributed by atoms with Crippen LogP contribution in [0, 0.1) is 0 Å². The molecule has 0 atom stereocenters. The molecule has 1 heteroatoms. The molecule has 0 aromatic heterocycles. The summed E-state index contributed by atoms with van der Waals surface area (Å²) in [7, 11) is 0. The molecule has 0 heterocycles. The molecular weight excluding hydrogens is 134 g/mol. The minimum atomic E-state index is 0.640. The molecule has 0 aromatic carbocycles. The molecule has 2 N–H and O–H groups in total. The Morgan fingerprint density at radius 3 is 2.73 bits per heavy atom. The maximum Gasteiger partial charge on any atom is 0.0177 e. The van der Waals surface area contributed by atoms with Gasteiger partial charge in [-0.05, 0) is 12.0 Å². The van der Waals surface area contributed by atoms with E-state index in [-0.39, 0.29) is 0 Å². The fourth-order valence-electron chi connectivity index (χ4n) is 0.760. The van der Waals surface area contributed by atoms with Crippen LogP contribution in [0.3, 0.4) is 0 Å². The molecule has 0 saturated carbocycles. The van der Waals surface area contributed by atoms with E-state index >= 15 is 0 Å². The summed E-state index contributed by atoms with van der Waals surface area (Å²) in [5.41, 5.74) is 6.62. The third-order valence-electron chi connectivity index (χ3n) is 1.29. The highest BCUT2D eigenvalue weighted by atomic mass is 14.5. The molecular formula is C10H17N. The quantitative estimate of drug-likeness (QED) is 0.612. The summed E-state index contributed by atoms with van der Waals surface area (Å²) in [6.07, 6.45) is 11.4. The maximum absolute atomic E-state index is 5.42. The van der Waals surface area contributed by atoms with Crippen molar-refractivity contribution in [2.45, 2.75) is 20.3 Å². The SMILES string of the molecule is CC.NCC1=CC=CCC=C1. The molecule has 11 heavy (non-hydrogen) atoms. The second-order valence-corrected chi connectivity index (χ2v) is 2.01. The Morgan fingerprint density at radius 1 is 1.36 bits per heavy atom. The maximum atomic E-state index is 5.42. The van der Waals surface area contributed by atoms with Gasteiger partial charge in [-0.1, -0.05) is 44.2 Å².